The van der Waals surface area contributed by atoms with Crippen molar-refractivity contribution in [1.82, 2.24) is 0 Å². The number of carboxylic acids is 1. The van der Waals surface area contributed by atoms with Crippen molar-refractivity contribution in [2.45, 2.75) is 13.0 Å². The lowest BCUT2D eigenvalue weighted by atomic mass is 9.98. The molecule has 3 rings (SSSR count). The van der Waals surface area contributed by atoms with Gasteiger partial charge in [0.1, 0.15) is 11.3 Å². The molecular weight excluding hydrogens is 324 g/mol. The molecule has 3 aromatic rings. The van der Waals surface area contributed by atoms with Gasteiger partial charge in [0.15, 0.2) is 0 Å². The van der Waals surface area contributed by atoms with Crippen molar-refractivity contribution in [2.75, 3.05) is 6.61 Å². The van der Waals surface area contributed by atoms with Gasteiger partial charge in [0.05, 0.1) is 6.61 Å². The first kappa shape index (κ1) is 16.7. The smallest absolute Gasteiger partial charge is 0.347 e. The second-order valence-corrected chi connectivity index (χ2v) is 5.58. The van der Waals surface area contributed by atoms with E-state index in [-0.39, 0.29) is 11.3 Å². The third kappa shape index (κ3) is 3.39. The molecule has 1 atom stereocenters. The van der Waals surface area contributed by atoms with Crippen LogP contribution in [0.15, 0.2) is 57.7 Å². The molecule has 6 heteroatoms. The van der Waals surface area contributed by atoms with Gasteiger partial charge in [0.25, 0.3) is 0 Å². The highest BCUT2D eigenvalue weighted by molar-refractivity contribution is 5.94. The topological polar surface area (TPSA) is 97.0 Å². The van der Waals surface area contributed by atoms with Crippen LogP contribution in [0.2, 0.25) is 0 Å². The maximum absolute atomic E-state index is 11.9. The van der Waals surface area contributed by atoms with E-state index in [1.165, 1.54) is 12.1 Å². The first-order chi connectivity index (χ1) is 12.0. The van der Waals surface area contributed by atoms with E-state index in [9.17, 15) is 9.59 Å². The maximum atomic E-state index is 11.9. The number of aryl methyl sites for hydroxylation is 1. The number of aliphatic hydroxyl groups excluding tert-OH is 1. The molecule has 0 bridgehead atoms. The molecule has 2 N–H and O–H groups in total. The first-order valence-electron chi connectivity index (χ1n) is 7.64. The van der Waals surface area contributed by atoms with Crippen molar-refractivity contribution >= 4 is 16.9 Å². The Hall–Kier alpha value is -3.12. The number of fused-ring (bicyclic) bond motifs is 1. The van der Waals surface area contributed by atoms with Crippen LogP contribution < -0.4 is 10.4 Å². The van der Waals surface area contributed by atoms with Crippen molar-refractivity contribution in [3.05, 3.63) is 64.5 Å². The Bertz CT molecular complexity index is 989. The third-order valence-electron chi connectivity index (χ3n) is 3.87. The summed E-state index contributed by atoms with van der Waals surface area (Å²) in [5, 5.41) is 18.7. The number of aliphatic carboxylic acids is 1. The van der Waals surface area contributed by atoms with Crippen LogP contribution in [0.3, 0.4) is 0 Å². The number of hydrogen-bond donors (Lipinski definition) is 2. The largest absolute Gasteiger partial charge is 0.478 e. The molecule has 1 heterocycles. The molecule has 0 unspecified atom stereocenters. The third-order valence-corrected chi connectivity index (χ3v) is 3.87. The number of benzene rings is 2. The molecule has 0 radical (unpaired) electrons. The molecule has 0 spiro atoms. The van der Waals surface area contributed by atoms with Crippen LogP contribution in [-0.2, 0) is 4.79 Å². The summed E-state index contributed by atoms with van der Waals surface area (Å²) in [6, 6.07) is 13.8. The van der Waals surface area contributed by atoms with E-state index in [0.29, 0.717) is 5.39 Å². The Morgan fingerprint density at radius 1 is 1.16 bits per heavy atom. The molecule has 25 heavy (non-hydrogen) atoms. The fraction of sp³-hybridized carbons (Fsp3) is 0.158. The molecule has 0 saturated heterocycles. The number of rotatable bonds is 5. The monoisotopic (exact) mass is 340 g/mol. The average Bonchev–Trinajstić information content (AvgIpc) is 2.58. The van der Waals surface area contributed by atoms with E-state index in [0.717, 1.165) is 16.7 Å². The molecule has 128 valence electrons. The van der Waals surface area contributed by atoms with Gasteiger partial charge in [-0.15, -0.1) is 0 Å². The van der Waals surface area contributed by atoms with E-state index in [4.69, 9.17) is 19.4 Å². The molecule has 0 saturated carbocycles. The fourth-order valence-electron chi connectivity index (χ4n) is 2.64. The first-order valence-corrected chi connectivity index (χ1v) is 7.64. The van der Waals surface area contributed by atoms with E-state index < -0.39 is 24.3 Å². The Kier molecular flexibility index (Phi) is 4.54. The van der Waals surface area contributed by atoms with Crippen molar-refractivity contribution in [3.8, 4) is 16.9 Å². The van der Waals surface area contributed by atoms with Gasteiger partial charge < -0.3 is 19.4 Å². The summed E-state index contributed by atoms with van der Waals surface area (Å²) in [7, 11) is 0. The van der Waals surface area contributed by atoms with Crippen LogP contribution in [0.1, 0.15) is 5.56 Å². The van der Waals surface area contributed by atoms with Crippen LogP contribution in [0.5, 0.6) is 5.75 Å². The van der Waals surface area contributed by atoms with Crippen LogP contribution >= 0.6 is 0 Å². The predicted octanol–water partition coefficient (Wildman–Crippen LogP) is 2.59. The number of hydrogen-bond acceptors (Lipinski definition) is 5. The highest BCUT2D eigenvalue weighted by Crippen LogP contribution is 2.31. The van der Waals surface area contributed by atoms with Gasteiger partial charge in [0.2, 0.25) is 6.10 Å². The second-order valence-electron chi connectivity index (χ2n) is 5.58. The van der Waals surface area contributed by atoms with Gasteiger partial charge in [-0.3, -0.25) is 0 Å². The quantitative estimate of drug-likeness (QED) is 0.693. The molecule has 1 aromatic heterocycles. The van der Waals surface area contributed by atoms with Gasteiger partial charge in [-0.05, 0) is 30.2 Å². The van der Waals surface area contributed by atoms with Crippen LogP contribution in [0, 0.1) is 6.92 Å². The Balaban J connectivity index is 2.12. The number of aliphatic hydroxyl groups is 1. The zero-order valence-corrected chi connectivity index (χ0v) is 13.4. The minimum absolute atomic E-state index is 0.194. The van der Waals surface area contributed by atoms with Gasteiger partial charge >= 0.3 is 11.6 Å². The SMILES string of the molecule is Cc1ccccc1-c1cc(=O)oc2cc(O[C@@H](CO)C(=O)O)ccc12. The Morgan fingerprint density at radius 3 is 2.60 bits per heavy atom. The summed E-state index contributed by atoms with van der Waals surface area (Å²) < 4.78 is 10.5. The van der Waals surface area contributed by atoms with Gasteiger partial charge in [-0.1, -0.05) is 24.3 Å². The number of ether oxygens (including phenoxy) is 1. The summed E-state index contributed by atoms with van der Waals surface area (Å²) in [6.45, 7) is 1.28. The maximum Gasteiger partial charge on any atom is 0.347 e. The molecule has 2 aromatic carbocycles. The Labute approximate surface area is 142 Å². The lowest BCUT2D eigenvalue weighted by Gasteiger charge is -2.13. The normalized spacial score (nSPS) is 12.1. The zero-order valence-electron chi connectivity index (χ0n) is 13.4. The van der Waals surface area contributed by atoms with Crippen molar-refractivity contribution in [1.29, 1.82) is 0 Å². The minimum Gasteiger partial charge on any atom is -0.478 e. The minimum atomic E-state index is -1.39. The molecule has 0 fully saturated rings. The molecule has 0 aliphatic heterocycles. The van der Waals surface area contributed by atoms with E-state index in [1.807, 2.05) is 31.2 Å². The van der Waals surface area contributed by atoms with Crippen LogP contribution in [-0.4, -0.2) is 28.9 Å². The Morgan fingerprint density at radius 2 is 1.92 bits per heavy atom. The van der Waals surface area contributed by atoms with Crippen LogP contribution in [0.4, 0.5) is 0 Å². The van der Waals surface area contributed by atoms with Crippen molar-refractivity contribution in [3.63, 3.8) is 0 Å². The van der Waals surface area contributed by atoms with Gasteiger partial charge in [-0.25, -0.2) is 9.59 Å². The molecular formula is C19H16O6. The summed E-state index contributed by atoms with van der Waals surface area (Å²) in [4.78, 5) is 22.9. The summed E-state index contributed by atoms with van der Waals surface area (Å²) >= 11 is 0. The number of carbonyl (C=O) groups is 1. The summed E-state index contributed by atoms with van der Waals surface area (Å²) in [6.07, 6.45) is -1.39. The molecule has 0 aliphatic rings. The molecule has 6 nitrogen and oxygen atoms in total. The molecule has 0 amide bonds. The summed E-state index contributed by atoms with van der Waals surface area (Å²) in [5.41, 5.74) is 2.42. The van der Waals surface area contributed by atoms with Gasteiger partial charge in [-0.2, -0.15) is 0 Å². The standard InChI is InChI=1S/C19H16O6/c1-11-4-2-3-5-13(11)15-9-18(21)25-16-8-12(6-7-14(15)16)24-17(10-20)19(22)23/h2-9,17,20H,10H2,1H3,(H,22,23)/t17-/m0/s1. The predicted molar refractivity (Wildman–Crippen MR) is 91.8 cm³/mol. The van der Waals surface area contributed by atoms with E-state index in [1.54, 1.807) is 12.1 Å². The highest BCUT2D eigenvalue weighted by atomic mass is 16.5. The lowest BCUT2D eigenvalue weighted by Crippen LogP contribution is -2.30. The lowest BCUT2D eigenvalue weighted by molar-refractivity contribution is -0.146. The van der Waals surface area contributed by atoms with Crippen LogP contribution in [0.25, 0.3) is 22.1 Å². The molecule has 0 aliphatic carbocycles. The van der Waals surface area contributed by atoms with Crippen molar-refractivity contribution < 1.29 is 24.2 Å². The van der Waals surface area contributed by atoms with E-state index in [2.05, 4.69) is 0 Å². The second kappa shape index (κ2) is 6.78. The highest BCUT2D eigenvalue weighted by Gasteiger charge is 2.19. The fourth-order valence-corrected chi connectivity index (χ4v) is 2.64. The zero-order chi connectivity index (χ0) is 18.0. The van der Waals surface area contributed by atoms with E-state index >= 15 is 0 Å². The number of carboxylic acid groups (broad SMARTS) is 1. The summed E-state index contributed by atoms with van der Waals surface area (Å²) in [5.74, 6) is -1.09. The van der Waals surface area contributed by atoms with Crippen molar-refractivity contribution in [2.24, 2.45) is 0 Å². The van der Waals surface area contributed by atoms with Gasteiger partial charge in [0, 0.05) is 23.1 Å². The average molecular weight is 340 g/mol.